The number of hydrogen-bond acceptors (Lipinski definition) is 2. The van der Waals surface area contributed by atoms with Gasteiger partial charge in [-0.15, -0.1) is 0 Å². The van der Waals surface area contributed by atoms with Crippen LogP contribution in [0.25, 0.3) is 0 Å². The number of benzene rings is 1. The Morgan fingerprint density at radius 2 is 1.76 bits per heavy atom. The zero-order chi connectivity index (χ0) is 15.5. The van der Waals surface area contributed by atoms with E-state index >= 15 is 0 Å². The van der Waals surface area contributed by atoms with E-state index in [-0.39, 0.29) is 11.9 Å². The van der Waals surface area contributed by atoms with E-state index in [0.717, 1.165) is 50.7 Å². The lowest BCUT2D eigenvalue weighted by molar-refractivity contribution is -0.138. The second kappa shape index (κ2) is 6.37. The van der Waals surface area contributed by atoms with Gasteiger partial charge < -0.3 is 9.84 Å². The van der Waals surface area contributed by atoms with Gasteiger partial charge in [-0.05, 0) is 43.9 Å². The molecule has 2 rings (SSSR count). The van der Waals surface area contributed by atoms with Crippen molar-refractivity contribution in [1.82, 2.24) is 0 Å². The Kier molecular flexibility index (Phi) is 4.75. The Balaban J connectivity index is 2.21. The van der Waals surface area contributed by atoms with E-state index in [1.54, 1.807) is 0 Å². The predicted octanol–water partition coefficient (Wildman–Crippen LogP) is 4.51. The van der Waals surface area contributed by atoms with Gasteiger partial charge in [0.1, 0.15) is 5.75 Å². The van der Waals surface area contributed by atoms with Crippen LogP contribution in [0.1, 0.15) is 54.4 Å². The first kappa shape index (κ1) is 15.7. The second-order valence-electron chi connectivity index (χ2n) is 5.24. The third kappa shape index (κ3) is 4.12. The van der Waals surface area contributed by atoms with Gasteiger partial charge in [-0.3, -0.25) is 0 Å². The smallest absolute Gasteiger partial charge is 0.417 e. The third-order valence-electron chi connectivity index (χ3n) is 3.63. The molecular formula is C15H17F3O3. The molecule has 0 atom stereocenters. The molecule has 3 nitrogen and oxygen atoms in total. The first-order valence-electron chi connectivity index (χ1n) is 6.99. The van der Waals surface area contributed by atoms with E-state index in [1.807, 2.05) is 0 Å². The number of carboxylic acid groups (broad SMARTS) is 1. The van der Waals surface area contributed by atoms with Gasteiger partial charge >= 0.3 is 12.1 Å². The maximum absolute atomic E-state index is 12.7. The van der Waals surface area contributed by atoms with E-state index in [4.69, 9.17) is 9.84 Å². The van der Waals surface area contributed by atoms with E-state index in [2.05, 4.69) is 0 Å². The summed E-state index contributed by atoms with van der Waals surface area (Å²) in [5.41, 5.74) is -1.92. The summed E-state index contributed by atoms with van der Waals surface area (Å²) in [5.74, 6) is -1.42. The summed E-state index contributed by atoms with van der Waals surface area (Å²) in [6.07, 6.45) is 1.28. The SMILES string of the molecule is O=C(O)c1cc(OC2CCCCCC2)ccc1C(F)(F)F. The summed E-state index contributed by atoms with van der Waals surface area (Å²) in [6.45, 7) is 0. The van der Waals surface area contributed by atoms with Gasteiger partial charge in [-0.1, -0.05) is 12.8 Å². The molecule has 0 saturated heterocycles. The van der Waals surface area contributed by atoms with Crippen molar-refractivity contribution >= 4 is 5.97 Å². The van der Waals surface area contributed by atoms with E-state index in [9.17, 15) is 18.0 Å². The van der Waals surface area contributed by atoms with Crippen LogP contribution in [-0.4, -0.2) is 17.2 Å². The lowest BCUT2D eigenvalue weighted by Crippen LogP contribution is -2.17. The molecule has 0 aliphatic heterocycles. The highest BCUT2D eigenvalue weighted by Gasteiger charge is 2.35. The lowest BCUT2D eigenvalue weighted by atomic mass is 10.1. The standard InChI is InChI=1S/C15H17F3O3/c16-15(17,18)13-8-7-11(9-12(13)14(19)20)21-10-5-3-1-2-4-6-10/h7-10H,1-6H2,(H,19,20). The third-order valence-corrected chi connectivity index (χ3v) is 3.63. The molecule has 0 amide bonds. The van der Waals surface area contributed by atoms with Crippen LogP contribution in [-0.2, 0) is 6.18 Å². The van der Waals surface area contributed by atoms with Crippen molar-refractivity contribution < 1.29 is 27.8 Å². The highest BCUT2D eigenvalue weighted by molar-refractivity contribution is 5.90. The molecular weight excluding hydrogens is 285 g/mol. The number of halogens is 3. The number of hydrogen-bond donors (Lipinski definition) is 1. The van der Waals surface area contributed by atoms with Crippen molar-refractivity contribution in [2.45, 2.75) is 50.8 Å². The highest BCUT2D eigenvalue weighted by atomic mass is 19.4. The summed E-state index contributed by atoms with van der Waals surface area (Å²) in [5, 5.41) is 8.95. The monoisotopic (exact) mass is 302 g/mol. The summed E-state index contributed by atoms with van der Waals surface area (Å²) >= 11 is 0. The minimum absolute atomic E-state index is 0.0501. The molecule has 116 valence electrons. The molecule has 1 aromatic rings. The molecule has 1 fully saturated rings. The Morgan fingerprint density at radius 1 is 1.14 bits per heavy atom. The molecule has 1 aliphatic carbocycles. The second-order valence-corrected chi connectivity index (χ2v) is 5.24. The lowest BCUT2D eigenvalue weighted by Gasteiger charge is -2.18. The van der Waals surface area contributed by atoms with Crippen LogP contribution >= 0.6 is 0 Å². The summed E-state index contributed by atoms with van der Waals surface area (Å²) in [7, 11) is 0. The normalized spacial score (nSPS) is 17.3. The van der Waals surface area contributed by atoms with Crippen LogP contribution in [0.15, 0.2) is 18.2 Å². The van der Waals surface area contributed by atoms with Crippen LogP contribution in [0.4, 0.5) is 13.2 Å². The van der Waals surface area contributed by atoms with Gasteiger partial charge in [0.2, 0.25) is 0 Å². The molecule has 0 spiro atoms. The molecule has 1 aliphatic rings. The average Bonchev–Trinajstić information content (AvgIpc) is 2.66. The fraction of sp³-hybridized carbons (Fsp3) is 0.533. The van der Waals surface area contributed by atoms with Crippen molar-refractivity contribution in [1.29, 1.82) is 0 Å². The van der Waals surface area contributed by atoms with Gasteiger partial charge in [0, 0.05) is 0 Å². The molecule has 0 bridgehead atoms. The highest BCUT2D eigenvalue weighted by Crippen LogP contribution is 2.34. The first-order chi connectivity index (χ1) is 9.88. The van der Waals surface area contributed by atoms with Crippen LogP contribution in [0.5, 0.6) is 5.75 Å². The average molecular weight is 302 g/mol. The molecule has 21 heavy (non-hydrogen) atoms. The number of rotatable bonds is 3. The van der Waals surface area contributed by atoms with Gasteiger partial charge in [-0.25, -0.2) is 4.79 Å². The van der Waals surface area contributed by atoms with Crippen LogP contribution in [0.3, 0.4) is 0 Å². The zero-order valence-electron chi connectivity index (χ0n) is 11.4. The van der Waals surface area contributed by atoms with E-state index < -0.39 is 23.3 Å². The fourth-order valence-corrected chi connectivity index (χ4v) is 2.57. The van der Waals surface area contributed by atoms with Gasteiger partial charge in [0.05, 0.1) is 17.2 Å². The number of aromatic carboxylic acids is 1. The van der Waals surface area contributed by atoms with E-state index in [0.29, 0.717) is 0 Å². The molecule has 0 aromatic heterocycles. The van der Waals surface area contributed by atoms with Gasteiger partial charge in [0.15, 0.2) is 0 Å². The Bertz CT molecular complexity index is 503. The van der Waals surface area contributed by atoms with Crippen molar-refractivity contribution in [2.75, 3.05) is 0 Å². The number of alkyl halides is 3. The van der Waals surface area contributed by atoms with Crippen molar-refractivity contribution in [3.63, 3.8) is 0 Å². The van der Waals surface area contributed by atoms with Crippen molar-refractivity contribution in [3.8, 4) is 5.75 Å². The summed E-state index contributed by atoms with van der Waals surface area (Å²) < 4.78 is 43.9. The van der Waals surface area contributed by atoms with Crippen LogP contribution < -0.4 is 4.74 Å². The first-order valence-corrected chi connectivity index (χ1v) is 6.99. The topological polar surface area (TPSA) is 46.5 Å². The minimum Gasteiger partial charge on any atom is -0.490 e. The van der Waals surface area contributed by atoms with Gasteiger partial charge in [0.25, 0.3) is 0 Å². The maximum Gasteiger partial charge on any atom is 0.417 e. The molecule has 0 radical (unpaired) electrons. The van der Waals surface area contributed by atoms with Gasteiger partial charge in [-0.2, -0.15) is 13.2 Å². The Hall–Kier alpha value is -1.72. The fourth-order valence-electron chi connectivity index (χ4n) is 2.57. The maximum atomic E-state index is 12.7. The molecule has 0 unspecified atom stereocenters. The summed E-state index contributed by atoms with van der Waals surface area (Å²) in [4.78, 5) is 11.0. The number of carboxylic acids is 1. The Morgan fingerprint density at radius 3 is 2.29 bits per heavy atom. The van der Waals surface area contributed by atoms with Crippen molar-refractivity contribution in [3.05, 3.63) is 29.3 Å². The zero-order valence-corrected chi connectivity index (χ0v) is 11.4. The predicted molar refractivity (Wildman–Crippen MR) is 70.5 cm³/mol. The number of carbonyl (C=O) groups is 1. The molecule has 1 saturated carbocycles. The minimum atomic E-state index is -4.69. The van der Waals surface area contributed by atoms with Crippen LogP contribution in [0, 0.1) is 0 Å². The quantitative estimate of drug-likeness (QED) is 0.836. The number of ether oxygens (including phenoxy) is 1. The Labute approximate surface area is 120 Å². The molecule has 1 N–H and O–H groups in total. The largest absolute Gasteiger partial charge is 0.490 e. The molecule has 1 aromatic carbocycles. The van der Waals surface area contributed by atoms with Crippen molar-refractivity contribution in [2.24, 2.45) is 0 Å². The molecule has 6 heteroatoms. The molecule has 0 heterocycles. The summed E-state index contributed by atoms with van der Waals surface area (Å²) in [6, 6.07) is 2.94. The van der Waals surface area contributed by atoms with E-state index in [1.165, 1.54) is 6.07 Å². The van der Waals surface area contributed by atoms with Crippen LogP contribution in [0.2, 0.25) is 0 Å².